The van der Waals surface area contributed by atoms with Gasteiger partial charge in [0.1, 0.15) is 0 Å². The molecule has 1 rings (SSSR count). The molecule has 6 heteroatoms. The third kappa shape index (κ3) is 7.06. The molecule has 0 aliphatic carbocycles. The molecule has 0 saturated heterocycles. The van der Waals surface area contributed by atoms with Crippen molar-refractivity contribution in [3.63, 3.8) is 0 Å². The fourth-order valence-electron chi connectivity index (χ4n) is 1.40. The Morgan fingerprint density at radius 1 is 1.29 bits per heavy atom. The summed E-state index contributed by atoms with van der Waals surface area (Å²) in [6, 6.07) is 6.02. The van der Waals surface area contributed by atoms with Crippen LogP contribution in [0, 0.1) is 13.8 Å². The molecule has 0 aliphatic rings. The van der Waals surface area contributed by atoms with Gasteiger partial charge in [0, 0.05) is 18.0 Å². The van der Waals surface area contributed by atoms with Crippen molar-refractivity contribution in [1.82, 2.24) is 0 Å². The van der Waals surface area contributed by atoms with Crippen LogP contribution in [0.1, 0.15) is 17.5 Å². The van der Waals surface area contributed by atoms with Gasteiger partial charge in [0.25, 0.3) is 0 Å². The van der Waals surface area contributed by atoms with Gasteiger partial charge >= 0.3 is 29.6 Å². The maximum atomic E-state index is 10.4. The Morgan fingerprint density at radius 3 is 2.53 bits per heavy atom. The first-order valence-electron chi connectivity index (χ1n) is 5.13. The van der Waals surface area contributed by atoms with Gasteiger partial charge in [-0.05, 0) is 37.5 Å². The number of hydrogen-bond donors (Lipinski definition) is 1. The topological polar surface area (TPSA) is 69.2 Å². The fraction of sp³-hybridized carbons (Fsp3) is 0.455. The van der Waals surface area contributed by atoms with E-state index in [1.807, 2.05) is 32.0 Å². The standard InChI is InChI=1S/C11H17NO3S.Na/c1-9-4-5-10(2)11(8-9)12-6-3-7-16(13,14)15;/h4-5,8,12H,3,6-7H2,1-2H3,(H,13,14,15);/q;+1/p-1. The van der Waals surface area contributed by atoms with Crippen molar-refractivity contribution in [2.75, 3.05) is 17.6 Å². The van der Waals surface area contributed by atoms with E-state index in [0.717, 1.165) is 16.8 Å². The monoisotopic (exact) mass is 265 g/mol. The molecule has 0 bridgehead atoms. The number of benzene rings is 1. The summed E-state index contributed by atoms with van der Waals surface area (Å²) < 4.78 is 31.1. The van der Waals surface area contributed by atoms with Gasteiger partial charge in [-0.2, -0.15) is 0 Å². The predicted molar refractivity (Wildman–Crippen MR) is 63.6 cm³/mol. The van der Waals surface area contributed by atoms with Crippen molar-refractivity contribution >= 4 is 15.8 Å². The van der Waals surface area contributed by atoms with Gasteiger partial charge in [-0.3, -0.25) is 0 Å². The van der Waals surface area contributed by atoms with Crippen LogP contribution in [-0.4, -0.2) is 25.3 Å². The molecule has 1 N–H and O–H groups in total. The molecule has 17 heavy (non-hydrogen) atoms. The molecule has 4 nitrogen and oxygen atoms in total. The van der Waals surface area contributed by atoms with E-state index in [4.69, 9.17) is 0 Å². The van der Waals surface area contributed by atoms with Gasteiger partial charge in [-0.25, -0.2) is 8.42 Å². The van der Waals surface area contributed by atoms with E-state index in [2.05, 4.69) is 5.32 Å². The molecule has 1 aromatic rings. The van der Waals surface area contributed by atoms with Crippen molar-refractivity contribution in [2.24, 2.45) is 0 Å². The second kappa shape index (κ2) is 7.38. The Balaban J connectivity index is 0.00000256. The van der Waals surface area contributed by atoms with Gasteiger partial charge in [-0.1, -0.05) is 12.1 Å². The van der Waals surface area contributed by atoms with Crippen LogP contribution in [-0.2, 0) is 10.1 Å². The van der Waals surface area contributed by atoms with Crippen LogP contribution in [0.15, 0.2) is 18.2 Å². The Hall–Kier alpha value is -0.0700. The summed E-state index contributed by atoms with van der Waals surface area (Å²) in [5, 5.41) is 3.12. The minimum absolute atomic E-state index is 0. The summed E-state index contributed by atoms with van der Waals surface area (Å²) in [6.45, 7) is 4.46. The third-order valence-corrected chi connectivity index (χ3v) is 3.07. The average Bonchev–Trinajstić information content (AvgIpc) is 2.16. The summed E-state index contributed by atoms with van der Waals surface area (Å²) in [6.07, 6.45) is 0.333. The molecule has 0 heterocycles. The summed E-state index contributed by atoms with van der Waals surface area (Å²) >= 11 is 0. The van der Waals surface area contributed by atoms with E-state index in [0.29, 0.717) is 13.0 Å². The van der Waals surface area contributed by atoms with E-state index in [9.17, 15) is 13.0 Å². The number of rotatable bonds is 5. The zero-order valence-electron chi connectivity index (χ0n) is 10.5. The minimum Gasteiger partial charge on any atom is -0.748 e. The van der Waals surface area contributed by atoms with Crippen molar-refractivity contribution in [1.29, 1.82) is 0 Å². The van der Waals surface area contributed by atoms with Gasteiger partial charge in [0.2, 0.25) is 0 Å². The first kappa shape index (κ1) is 16.9. The quantitative estimate of drug-likeness (QED) is 0.406. The van der Waals surface area contributed by atoms with Crippen LogP contribution < -0.4 is 34.9 Å². The molecular weight excluding hydrogens is 249 g/mol. The molecule has 0 saturated carbocycles. The number of aryl methyl sites for hydroxylation is 2. The Labute approximate surface area is 125 Å². The largest absolute Gasteiger partial charge is 1.00 e. The van der Waals surface area contributed by atoms with Gasteiger partial charge in [0.05, 0.1) is 10.1 Å². The van der Waals surface area contributed by atoms with Crippen molar-refractivity contribution in [3.8, 4) is 0 Å². The fourth-order valence-corrected chi connectivity index (χ4v) is 1.90. The van der Waals surface area contributed by atoms with Crippen LogP contribution in [0.2, 0.25) is 0 Å². The third-order valence-electron chi connectivity index (χ3n) is 2.28. The maximum Gasteiger partial charge on any atom is 1.00 e. The van der Waals surface area contributed by atoms with Crippen LogP contribution in [0.4, 0.5) is 5.69 Å². The van der Waals surface area contributed by atoms with E-state index >= 15 is 0 Å². The Kier molecular flexibility index (Phi) is 7.35. The van der Waals surface area contributed by atoms with E-state index < -0.39 is 10.1 Å². The number of anilines is 1. The SMILES string of the molecule is Cc1ccc(C)c(NCCCS(=O)(=O)[O-])c1.[Na+]. The molecule has 0 atom stereocenters. The zero-order chi connectivity index (χ0) is 12.2. The summed E-state index contributed by atoms with van der Waals surface area (Å²) in [5.41, 5.74) is 3.24. The first-order chi connectivity index (χ1) is 7.38. The minimum atomic E-state index is -4.09. The van der Waals surface area contributed by atoms with Gasteiger partial charge < -0.3 is 9.87 Å². The van der Waals surface area contributed by atoms with Crippen molar-refractivity contribution < 1.29 is 42.5 Å². The van der Waals surface area contributed by atoms with Crippen molar-refractivity contribution in [2.45, 2.75) is 20.3 Å². The van der Waals surface area contributed by atoms with Crippen LogP contribution in [0.25, 0.3) is 0 Å². The predicted octanol–water partition coefficient (Wildman–Crippen LogP) is -1.35. The van der Waals surface area contributed by atoms with Gasteiger partial charge in [0.15, 0.2) is 0 Å². The van der Waals surface area contributed by atoms with E-state index in [1.54, 1.807) is 0 Å². The molecule has 0 unspecified atom stereocenters. The normalized spacial score (nSPS) is 10.8. The van der Waals surface area contributed by atoms with Crippen molar-refractivity contribution in [3.05, 3.63) is 29.3 Å². The summed E-state index contributed by atoms with van der Waals surface area (Å²) in [7, 11) is -4.09. The van der Waals surface area contributed by atoms with Crippen LogP contribution in [0.5, 0.6) is 0 Å². The Bertz CT molecular complexity index is 460. The van der Waals surface area contributed by atoms with Crippen LogP contribution >= 0.6 is 0 Å². The molecule has 0 aliphatic heterocycles. The molecule has 1 aromatic carbocycles. The smallest absolute Gasteiger partial charge is 0.748 e. The summed E-state index contributed by atoms with van der Waals surface area (Å²) in [5.74, 6) is -0.315. The molecule has 0 aromatic heterocycles. The average molecular weight is 265 g/mol. The zero-order valence-corrected chi connectivity index (χ0v) is 13.3. The van der Waals surface area contributed by atoms with Gasteiger partial charge in [-0.15, -0.1) is 0 Å². The molecular formula is C11H16NNaO3S. The van der Waals surface area contributed by atoms with E-state index in [-0.39, 0.29) is 35.3 Å². The second-order valence-electron chi connectivity index (χ2n) is 3.86. The molecule has 0 fully saturated rings. The van der Waals surface area contributed by atoms with Crippen LogP contribution in [0.3, 0.4) is 0 Å². The summed E-state index contributed by atoms with van der Waals surface area (Å²) in [4.78, 5) is 0. The first-order valence-corrected chi connectivity index (χ1v) is 6.71. The number of hydrogen-bond acceptors (Lipinski definition) is 4. The maximum absolute atomic E-state index is 10.4. The van der Waals surface area contributed by atoms with E-state index in [1.165, 1.54) is 0 Å². The Morgan fingerprint density at radius 2 is 1.94 bits per heavy atom. The second-order valence-corrected chi connectivity index (χ2v) is 5.38. The number of nitrogens with one attached hydrogen (secondary N) is 1. The molecule has 0 spiro atoms. The molecule has 0 amide bonds. The molecule has 90 valence electrons. The molecule has 0 radical (unpaired) electrons.